The molecule has 0 fully saturated rings. The summed E-state index contributed by atoms with van der Waals surface area (Å²) in [7, 11) is 0. The van der Waals surface area contributed by atoms with Gasteiger partial charge in [0.25, 0.3) is 0 Å². The summed E-state index contributed by atoms with van der Waals surface area (Å²) in [6.07, 6.45) is 0.336. The van der Waals surface area contributed by atoms with Crippen LogP contribution in [-0.2, 0) is 11.3 Å². The maximum atomic E-state index is 12.0. The van der Waals surface area contributed by atoms with Crippen LogP contribution in [0.1, 0.15) is 29.0 Å². The molecule has 1 amide bonds. The summed E-state index contributed by atoms with van der Waals surface area (Å²) < 4.78 is 5.73. The first-order chi connectivity index (χ1) is 12.6. The van der Waals surface area contributed by atoms with E-state index in [9.17, 15) is 9.59 Å². The highest BCUT2D eigenvalue weighted by Crippen LogP contribution is 2.23. The molecule has 2 aromatic carbocycles. The van der Waals surface area contributed by atoms with Crippen molar-refractivity contribution in [1.82, 2.24) is 5.32 Å². The van der Waals surface area contributed by atoms with Gasteiger partial charge in [-0.25, -0.2) is 0 Å². The zero-order chi connectivity index (χ0) is 18.4. The summed E-state index contributed by atoms with van der Waals surface area (Å²) in [5, 5.41) is 3.44. The average molecular weight is 368 g/mol. The molecule has 132 valence electrons. The molecule has 4 nitrogen and oxygen atoms in total. The molecule has 0 atom stereocenters. The van der Waals surface area contributed by atoms with Crippen molar-refractivity contribution in [2.75, 3.05) is 0 Å². The molecule has 0 aliphatic rings. The van der Waals surface area contributed by atoms with Gasteiger partial charge in [0.1, 0.15) is 11.5 Å². The Bertz CT molecular complexity index is 885. The van der Waals surface area contributed by atoms with Crippen molar-refractivity contribution in [3.8, 4) is 11.3 Å². The minimum absolute atomic E-state index is 0.0382. The Hall–Kier alpha value is -2.85. The van der Waals surface area contributed by atoms with E-state index in [1.807, 2.05) is 42.5 Å². The number of hydrogen-bond donors (Lipinski definition) is 1. The molecule has 0 radical (unpaired) electrons. The first-order valence-corrected chi connectivity index (χ1v) is 8.69. The van der Waals surface area contributed by atoms with Crippen molar-refractivity contribution < 1.29 is 14.0 Å². The predicted octanol–water partition coefficient (Wildman–Crippen LogP) is 4.88. The van der Waals surface area contributed by atoms with E-state index in [0.29, 0.717) is 22.1 Å². The first-order valence-electron chi connectivity index (χ1n) is 8.31. The fourth-order valence-electron chi connectivity index (χ4n) is 2.51. The summed E-state index contributed by atoms with van der Waals surface area (Å²) in [4.78, 5) is 23.9. The quantitative estimate of drug-likeness (QED) is 0.605. The van der Waals surface area contributed by atoms with E-state index in [1.165, 1.54) is 0 Å². The fraction of sp³-hybridized carbons (Fsp3) is 0.143. The van der Waals surface area contributed by atoms with Crippen LogP contribution in [0.2, 0.25) is 5.02 Å². The van der Waals surface area contributed by atoms with Gasteiger partial charge in [-0.05, 0) is 36.4 Å². The number of benzene rings is 2. The number of halogens is 1. The normalized spacial score (nSPS) is 10.5. The second kappa shape index (κ2) is 8.50. The zero-order valence-electron chi connectivity index (χ0n) is 14.1. The van der Waals surface area contributed by atoms with Crippen LogP contribution in [0.3, 0.4) is 0 Å². The van der Waals surface area contributed by atoms with Crippen molar-refractivity contribution in [3.63, 3.8) is 0 Å². The highest BCUT2D eigenvalue weighted by atomic mass is 35.5. The largest absolute Gasteiger partial charge is 0.459 e. The lowest BCUT2D eigenvalue weighted by Crippen LogP contribution is -2.23. The number of Topliss-reactive ketones (excluding diaryl/α,β-unsaturated/α-hetero) is 1. The van der Waals surface area contributed by atoms with Gasteiger partial charge in [-0.3, -0.25) is 9.59 Å². The van der Waals surface area contributed by atoms with Gasteiger partial charge in [-0.2, -0.15) is 0 Å². The topological polar surface area (TPSA) is 59.3 Å². The van der Waals surface area contributed by atoms with Crippen LogP contribution < -0.4 is 5.32 Å². The van der Waals surface area contributed by atoms with Gasteiger partial charge in [0, 0.05) is 29.0 Å². The number of ketones is 1. The number of furan rings is 1. The van der Waals surface area contributed by atoms with Gasteiger partial charge in [0.15, 0.2) is 5.78 Å². The monoisotopic (exact) mass is 367 g/mol. The number of amides is 1. The Kier molecular flexibility index (Phi) is 5.87. The van der Waals surface area contributed by atoms with Gasteiger partial charge < -0.3 is 9.73 Å². The highest BCUT2D eigenvalue weighted by molar-refractivity contribution is 6.30. The van der Waals surface area contributed by atoms with Crippen LogP contribution in [0.25, 0.3) is 11.3 Å². The van der Waals surface area contributed by atoms with Crippen molar-refractivity contribution in [3.05, 3.63) is 83.1 Å². The van der Waals surface area contributed by atoms with Crippen LogP contribution in [-0.4, -0.2) is 11.7 Å². The van der Waals surface area contributed by atoms with Crippen LogP contribution in [0, 0.1) is 0 Å². The summed E-state index contributed by atoms with van der Waals surface area (Å²) in [5.74, 6) is 1.14. The Morgan fingerprint density at radius 1 is 0.885 bits per heavy atom. The van der Waals surface area contributed by atoms with E-state index < -0.39 is 0 Å². The second-order valence-electron chi connectivity index (χ2n) is 5.84. The maximum absolute atomic E-state index is 12.0. The molecule has 0 aliphatic heterocycles. The van der Waals surface area contributed by atoms with Crippen LogP contribution >= 0.6 is 11.6 Å². The number of carbonyl (C=O) groups is 2. The lowest BCUT2D eigenvalue weighted by molar-refractivity contribution is -0.121. The van der Waals surface area contributed by atoms with E-state index in [2.05, 4.69) is 5.32 Å². The molecule has 3 aromatic rings. The third kappa shape index (κ3) is 4.83. The summed E-state index contributed by atoms with van der Waals surface area (Å²) >= 11 is 5.88. The Morgan fingerprint density at radius 2 is 1.62 bits per heavy atom. The number of carbonyl (C=O) groups excluding carboxylic acids is 2. The van der Waals surface area contributed by atoms with Crippen molar-refractivity contribution in [2.45, 2.75) is 19.4 Å². The number of hydrogen-bond acceptors (Lipinski definition) is 3. The van der Waals surface area contributed by atoms with Crippen LogP contribution in [0.15, 0.2) is 71.1 Å². The van der Waals surface area contributed by atoms with E-state index in [1.54, 1.807) is 24.3 Å². The predicted molar refractivity (Wildman–Crippen MR) is 101 cm³/mol. The third-order valence-corrected chi connectivity index (χ3v) is 4.18. The molecule has 1 heterocycles. The van der Waals surface area contributed by atoms with Gasteiger partial charge in [0.05, 0.1) is 6.54 Å². The molecule has 26 heavy (non-hydrogen) atoms. The van der Waals surface area contributed by atoms with Crippen molar-refractivity contribution >= 4 is 23.3 Å². The van der Waals surface area contributed by atoms with Crippen molar-refractivity contribution in [2.24, 2.45) is 0 Å². The fourth-order valence-corrected chi connectivity index (χ4v) is 2.64. The maximum Gasteiger partial charge on any atom is 0.220 e. The molecule has 0 saturated carbocycles. The van der Waals surface area contributed by atoms with Crippen LogP contribution in [0.4, 0.5) is 0 Å². The van der Waals surface area contributed by atoms with Gasteiger partial charge in [-0.1, -0.05) is 41.9 Å². The van der Waals surface area contributed by atoms with Gasteiger partial charge in [0.2, 0.25) is 5.91 Å². The summed E-state index contributed by atoms with van der Waals surface area (Å²) in [5.41, 5.74) is 1.54. The molecular formula is C21H18ClNO3. The molecule has 3 rings (SSSR count). The molecule has 1 aromatic heterocycles. The Labute approximate surface area is 156 Å². The standard InChI is InChI=1S/C21H18ClNO3/c22-17-8-6-16(7-9-17)20-12-10-18(26-20)14-23-21(25)13-11-19(24)15-4-2-1-3-5-15/h1-10,12H,11,13-14H2,(H,23,25). The summed E-state index contributed by atoms with van der Waals surface area (Å²) in [6, 6.07) is 20.0. The molecule has 5 heteroatoms. The van der Waals surface area contributed by atoms with Gasteiger partial charge >= 0.3 is 0 Å². The van der Waals surface area contributed by atoms with Crippen LogP contribution in [0.5, 0.6) is 0 Å². The molecule has 0 spiro atoms. The molecule has 0 bridgehead atoms. The Morgan fingerprint density at radius 3 is 2.35 bits per heavy atom. The van der Waals surface area contributed by atoms with Gasteiger partial charge in [-0.15, -0.1) is 0 Å². The number of rotatable bonds is 7. The average Bonchev–Trinajstić information content (AvgIpc) is 3.14. The zero-order valence-corrected chi connectivity index (χ0v) is 14.8. The second-order valence-corrected chi connectivity index (χ2v) is 6.28. The minimum atomic E-state index is -0.182. The molecule has 1 N–H and O–H groups in total. The molecule has 0 saturated heterocycles. The third-order valence-electron chi connectivity index (χ3n) is 3.93. The van der Waals surface area contributed by atoms with E-state index in [0.717, 1.165) is 5.56 Å². The lowest BCUT2D eigenvalue weighted by Gasteiger charge is -2.04. The van der Waals surface area contributed by atoms with E-state index >= 15 is 0 Å². The van der Waals surface area contributed by atoms with E-state index in [4.69, 9.17) is 16.0 Å². The van der Waals surface area contributed by atoms with E-state index in [-0.39, 0.29) is 31.1 Å². The lowest BCUT2D eigenvalue weighted by atomic mass is 10.1. The first kappa shape index (κ1) is 18.0. The van der Waals surface area contributed by atoms with Crippen molar-refractivity contribution in [1.29, 1.82) is 0 Å². The number of nitrogens with one attached hydrogen (secondary N) is 1. The minimum Gasteiger partial charge on any atom is -0.459 e. The SMILES string of the molecule is O=C(CCC(=O)c1ccccc1)NCc1ccc(-c2ccc(Cl)cc2)o1. The Balaban J connectivity index is 1.47. The smallest absolute Gasteiger partial charge is 0.220 e. The molecular weight excluding hydrogens is 350 g/mol. The molecule has 0 aliphatic carbocycles. The highest BCUT2D eigenvalue weighted by Gasteiger charge is 2.10. The summed E-state index contributed by atoms with van der Waals surface area (Å²) in [6.45, 7) is 0.284. The molecule has 0 unspecified atom stereocenters.